The maximum absolute atomic E-state index is 11.9. The van der Waals surface area contributed by atoms with Crippen molar-refractivity contribution >= 4 is 6.03 Å². The highest BCUT2D eigenvalue weighted by atomic mass is 16.4. The number of aryl methyl sites for hydroxylation is 1. The first-order chi connectivity index (χ1) is 11.7. The number of benzene rings is 1. The monoisotopic (exact) mass is 328 g/mol. The minimum absolute atomic E-state index is 0.111. The van der Waals surface area contributed by atoms with Gasteiger partial charge in [-0.05, 0) is 31.4 Å². The van der Waals surface area contributed by atoms with Gasteiger partial charge in [0.1, 0.15) is 0 Å². The minimum Gasteiger partial charge on any atom is -0.421 e. The van der Waals surface area contributed by atoms with Crippen LogP contribution in [0.3, 0.4) is 0 Å². The molecule has 1 saturated carbocycles. The summed E-state index contributed by atoms with van der Waals surface area (Å²) in [6.07, 6.45) is 6.37. The highest BCUT2D eigenvalue weighted by Crippen LogP contribution is 2.21. The predicted molar refractivity (Wildman–Crippen MR) is 91.6 cm³/mol. The molecule has 6 heteroatoms. The molecule has 1 fully saturated rings. The molecule has 1 aromatic heterocycles. The number of rotatable bonds is 5. The van der Waals surface area contributed by atoms with E-state index in [0.29, 0.717) is 30.8 Å². The predicted octanol–water partition coefficient (Wildman–Crippen LogP) is 3.22. The van der Waals surface area contributed by atoms with Crippen molar-refractivity contribution in [3.05, 3.63) is 35.7 Å². The van der Waals surface area contributed by atoms with Gasteiger partial charge in [-0.15, -0.1) is 10.2 Å². The minimum atomic E-state index is -0.111. The Bertz CT molecular complexity index is 677. The first-order valence-electron chi connectivity index (χ1n) is 8.65. The number of urea groups is 1. The average molecular weight is 328 g/mol. The highest BCUT2D eigenvalue weighted by molar-refractivity contribution is 5.74. The lowest BCUT2D eigenvalue weighted by atomic mass is 9.96. The van der Waals surface area contributed by atoms with Gasteiger partial charge in [0.15, 0.2) is 0 Å². The fourth-order valence-corrected chi connectivity index (χ4v) is 3.04. The van der Waals surface area contributed by atoms with Gasteiger partial charge in [-0.2, -0.15) is 0 Å². The molecule has 1 aliphatic carbocycles. The summed E-state index contributed by atoms with van der Waals surface area (Å²) in [5, 5.41) is 14.0. The normalized spacial score (nSPS) is 15.2. The van der Waals surface area contributed by atoms with E-state index in [1.165, 1.54) is 19.3 Å². The zero-order chi connectivity index (χ0) is 16.8. The number of hydrogen-bond acceptors (Lipinski definition) is 4. The van der Waals surface area contributed by atoms with E-state index in [1.807, 2.05) is 31.2 Å². The van der Waals surface area contributed by atoms with E-state index in [4.69, 9.17) is 4.42 Å². The van der Waals surface area contributed by atoms with Gasteiger partial charge in [0, 0.05) is 24.6 Å². The second-order valence-corrected chi connectivity index (χ2v) is 6.30. The molecule has 3 rings (SSSR count). The molecule has 0 atom stereocenters. The van der Waals surface area contributed by atoms with E-state index in [0.717, 1.165) is 24.0 Å². The zero-order valence-corrected chi connectivity index (χ0v) is 14.0. The van der Waals surface area contributed by atoms with E-state index in [1.54, 1.807) is 0 Å². The van der Waals surface area contributed by atoms with Crippen molar-refractivity contribution in [1.29, 1.82) is 0 Å². The van der Waals surface area contributed by atoms with Crippen molar-refractivity contribution in [2.24, 2.45) is 0 Å². The number of nitrogens with zero attached hydrogens (tertiary/aromatic N) is 2. The fraction of sp³-hybridized carbons (Fsp3) is 0.500. The van der Waals surface area contributed by atoms with Gasteiger partial charge in [0.05, 0.1) is 0 Å². The third-order valence-corrected chi connectivity index (χ3v) is 4.41. The lowest BCUT2D eigenvalue weighted by Crippen LogP contribution is -2.43. The Hall–Kier alpha value is -2.37. The van der Waals surface area contributed by atoms with Crippen LogP contribution in [-0.4, -0.2) is 28.8 Å². The third-order valence-electron chi connectivity index (χ3n) is 4.41. The topological polar surface area (TPSA) is 80.0 Å². The van der Waals surface area contributed by atoms with Crippen LogP contribution < -0.4 is 10.6 Å². The molecular formula is C18H24N4O2. The van der Waals surface area contributed by atoms with E-state index in [-0.39, 0.29) is 6.03 Å². The van der Waals surface area contributed by atoms with Gasteiger partial charge in [0.25, 0.3) is 0 Å². The molecule has 0 radical (unpaired) electrons. The molecule has 1 heterocycles. The summed E-state index contributed by atoms with van der Waals surface area (Å²) in [5.74, 6) is 1.06. The second kappa shape index (κ2) is 7.95. The molecule has 2 aromatic rings. The first-order valence-corrected chi connectivity index (χ1v) is 8.65. The van der Waals surface area contributed by atoms with Crippen molar-refractivity contribution in [2.45, 2.75) is 51.5 Å². The van der Waals surface area contributed by atoms with Crippen molar-refractivity contribution in [3.8, 4) is 11.5 Å². The Balaban J connectivity index is 1.45. The number of hydrogen-bond donors (Lipinski definition) is 2. The third kappa shape index (κ3) is 4.34. The number of carbonyl (C=O) groups is 1. The van der Waals surface area contributed by atoms with Crippen LogP contribution in [0, 0.1) is 6.92 Å². The fourth-order valence-electron chi connectivity index (χ4n) is 3.04. The van der Waals surface area contributed by atoms with Crippen molar-refractivity contribution < 1.29 is 9.21 Å². The Morgan fingerprint density at radius 3 is 2.79 bits per heavy atom. The molecule has 128 valence electrons. The summed E-state index contributed by atoms with van der Waals surface area (Å²) >= 11 is 0. The molecule has 1 aliphatic rings. The second-order valence-electron chi connectivity index (χ2n) is 6.30. The van der Waals surface area contributed by atoms with Gasteiger partial charge >= 0.3 is 6.03 Å². The van der Waals surface area contributed by atoms with Gasteiger partial charge in [-0.3, -0.25) is 0 Å². The summed E-state index contributed by atoms with van der Waals surface area (Å²) in [5.41, 5.74) is 2.04. The zero-order valence-electron chi connectivity index (χ0n) is 14.0. The van der Waals surface area contributed by atoms with Crippen LogP contribution in [0.25, 0.3) is 11.5 Å². The highest BCUT2D eigenvalue weighted by Gasteiger charge is 2.15. The number of amides is 2. The Labute approximate surface area is 142 Å². The molecule has 0 unspecified atom stereocenters. The summed E-state index contributed by atoms with van der Waals surface area (Å²) in [4.78, 5) is 11.9. The van der Waals surface area contributed by atoms with Crippen molar-refractivity contribution in [3.63, 3.8) is 0 Å². The Morgan fingerprint density at radius 2 is 2.00 bits per heavy atom. The summed E-state index contributed by atoms with van der Waals surface area (Å²) in [6, 6.07) is 8.10. The lowest BCUT2D eigenvalue weighted by molar-refractivity contribution is 0.232. The first kappa shape index (κ1) is 16.5. The molecule has 6 nitrogen and oxygen atoms in total. The molecule has 1 aromatic carbocycles. The molecular weight excluding hydrogens is 304 g/mol. The molecule has 0 aliphatic heterocycles. The smallest absolute Gasteiger partial charge is 0.315 e. The standard InChI is InChI=1S/C18H24N4O2/c1-13-7-5-6-10-15(13)17-22-21-16(24-17)11-12-19-18(23)20-14-8-3-2-4-9-14/h5-7,10,14H,2-4,8-9,11-12H2,1H3,(H2,19,20,23). The van der Waals surface area contributed by atoms with Gasteiger partial charge in [0.2, 0.25) is 11.8 Å². The molecule has 0 bridgehead atoms. The molecule has 0 saturated heterocycles. The summed E-state index contributed by atoms with van der Waals surface area (Å²) in [6.45, 7) is 2.49. The maximum atomic E-state index is 11.9. The largest absolute Gasteiger partial charge is 0.421 e. The maximum Gasteiger partial charge on any atom is 0.315 e. The summed E-state index contributed by atoms with van der Waals surface area (Å²) in [7, 11) is 0. The van der Waals surface area contributed by atoms with Crippen LogP contribution in [0.5, 0.6) is 0 Å². The van der Waals surface area contributed by atoms with Gasteiger partial charge < -0.3 is 15.1 Å². The van der Waals surface area contributed by atoms with Crippen LogP contribution in [0.4, 0.5) is 4.79 Å². The van der Waals surface area contributed by atoms with E-state index in [2.05, 4.69) is 20.8 Å². The van der Waals surface area contributed by atoms with Crippen LogP contribution in [0.15, 0.2) is 28.7 Å². The van der Waals surface area contributed by atoms with Crippen LogP contribution >= 0.6 is 0 Å². The van der Waals surface area contributed by atoms with E-state index >= 15 is 0 Å². The molecule has 24 heavy (non-hydrogen) atoms. The van der Waals surface area contributed by atoms with Gasteiger partial charge in [-0.25, -0.2) is 4.79 Å². The molecule has 2 amide bonds. The Kier molecular flexibility index (Phi) is 5.46. The van der Waals surface area contributed by atoms with E-state index in [9.17, 15) is 4.79 Å². The lowest BCUT2D eigenvalue weighted by Gasteiger charge is -2.22. The quantitative estimate of drug-likeness (QED) is 0.883. The summed E-state index contributed by atoms with van der Waals surface area (Å²) < 4.78 is 5.69. The van der Waals surface area contributed by atoms with Crippen molar-refractivity contribution in [1.82, 2.24) is 20.8 Å². The van der Waals surface area contributed by atoms with Crippen molar-refractivity contribution in [2.75, 3.05) is 6.54 Å². The SMILES string of the molecule is Cc1ccccc1-c1nnc(CCNC(=O)NC2CCCCC2)o1. The van der Waals surface area contributed by atoms with Gasteiger partial charge in [-0.1, -0.05) is 37.5 Å². The number of aromatic nitrogens is 2. The molecule has 0 spiro atoms. The van der Waals surface area contributed by atoms with Crippen LogP contribution in [0.2, 0.25) is 0 Å². The number of carbonyl (C=O) groups excluding carboxylic acids is 1. The average Bonchev–Trinajstić information content (AvgIpc) is 3.05. The van der Waals surface area contributed by atoms with Crippen LogP contribution in [-0.2, 0) is 6.42 Å². The number of nitrogens with one attached hydrogen (secondary N) is 2. The van der Waals surface area contributed by atoms with E-state index < -0.39 is 0 Å². The van der Waals surface area contributed by atoms with Crippen LogP contribution in [0.1, 0.15) is 43.6 Å². The Morgan fingerprint density at radius 1 is 1.21 bits per heavy atom. The molecule has 2 N–H and O–H groups in total.